The molecule has 0 amide bonds. The van der Waals surface area contributed by atoms with Crippen LogP contribution in [0.4, 0.5) is 5.69 Å². The van der Waals surface area contributed by atoms with Gasteiger partial charge in [-0.1, -0.05) is 25.4 Å². The first-order valence-electron chi connectivity index (χ1n) is 5.41. The fourth-order valence-corrected chi connectivity index (χ4v) is 1.61. The van der Waals surface area contributed by atoms with Gasteiger partial charge in [-0.05, 0) is 36.3 Å². The van der Waals surface area contributed by atoms with Crippen molar-refractivity contribution in [3.63, 3.8) is 0 Å². The van der Waals surface area contributed by atoms with Crippen LogP contribution in [-0.4, -0.2) is 18.8 Å². The van der Waals surface area contributed by atoms with E-state index in [0.717, 1.165) is 12.2 Å². The van der Waals surface area contributed by atoms with Crippen LogP contribution in [-0.2, 0) is 0 Å². The third-order valence-electron chi connectivity index (χ3n) is 2.08. The molecule has 17 heavy (non-hydrogen) atoms. The van der Waals surface area contributed by atoms with Crippen molar-refractivity contribution in [3.05, 3.63) is 23.2 Å². The molecule has 0 radical (unpaired) electrons. The van der Waals surface area contributed by atoms with Crippen molar-refractivity contribution in [1.82, 2.24) is 5.32 Å². The summed E-state index contributed by atoms with van der Waals surface area (Å²) in [6, 6.07) is 5.36. The lowest BCUT2D eigenvalue weighted by atomic mass is 10.2. The smallest absolute Gasteiger partial charge is 0.170 e. The number of hydrogen-bond acceptors (Lipinski definition) is 2. The first-order valence-corrected chi connectivity index (χ1v) is 6.20. The van der Waals surface area contributed by atoms with Crippen LogP contribution in [0.15, 0.2) is 18.2 Å². The minimum absolute atomic E-state index is 0.538. The van der Waals surface area contributed by atoms with E-state index in [1.165, 1.54) is 0 Å². The second kappa shape index (κ2) is 6.67. The van der Waals surface area contributed by atoms with Gasteiger partial charge in [0.15, 0.2) is 5.11 Å². The second-order valence-electron chi connectivity index (χ2n) is 4.07. The lowest BCUT2D eigenvalue weighted by Gasteiger charge is -2.14. The zero-order chi connectivity index (χ0) is 12.8. The summed E-state index contributed by atoms with van der Waals surface area (Å²) in [5.74, 6) is 1.25. The van der Waals surface area contributed by atoms with Gasteiger partial charge in [0.25, 0.3) is 0 Å². The fraction of sp³-hybridized carbons (Fsp3) is 0.417. The van der Waals surface area contributed by atoms with Crippen LogP contribution in [0.25, 0.3) is 0 Å². The maximum absolute atomic E-state index is 5.93. The normalized spacial score (nSPS) is 10.2. The van der Waals surface area contributed by atoms with E-state index in [1.807, 2.05) is 0 Å². The summed E-state index contributed by atoms with van der Waals surface area (Å²) in [5.41, 5.74) is 0.765. The minimum atomic E-state index is 0.538. The summed E-state index contributed by atoms with van der Waals surface area (Å²) in [6.07, 6.45) is 0. The molecule has 0 unspecified atom stereocenters. The van der Waals surface area contributed by atoms with E-state index in [1.54, 1.807) is 25.3 Å². The molecule has 0 atom stereocenters. The van der Waals surface area contributed by atoms with E-state index in [0.29, 0.717) is 21.8 Å². The lowest BCUT2D eigenvalue weighted by Crippen LogP contribution is -2.31. The van der Waals surface area contributed by atoms with E-state index in [9.17, 15) is 0 Å². The molecule has 94 valence electrons. The molecule has 0 aliphatic carbocycles. The molecule has 0 saturated carbocycles. The zero-order valence-corrected chi connectivity index (χ0v) is 11.8. The number of ether oxygens (including phenoxy) is 1. The van der Waals surface area contributed by atoms with Crippen molar-refractivity contribution in [2.75, 3.05) is 19.0 Å². The molecular formula is C12H17ClN2OS. The van der Waals surface area contributed by atoms with Crippen LogP contribution >= 0.6 is 23.8 Å². The van der Waals surface area contributed by atoms with Crippen LogP contribution in [0.5, 0.6) is 5.75 Å². The predicted octanol–water partition coefficient (Wildman–Crippen LogP) is 3.29. The Morgan fingerprint density at radius 2 is 2.18 bits per heavy atom. The SMILES string of the molecule is COc1ccc(Cl)cc1NC(=S)NCC(C)C. The Morgan fingerprint density at radius 3 is 2.76 bits per heavy atom. The molecule has 0 fully saturated rings. The number of thiocarbonyl (C=S) groups is 1. The molecule has 1 aromatic rings. The first kappa shape index (κ1) is 14.1. The van der Waals surface area contributed by atoms with Crippen molar-refractivity contribution in [2.24, 2.45) is 5.92 Å². The minimum Gasteiger partial charge on any atom is -0.495 e. The van der Waals surface area contributed by atoms with Crippen LogP contribution in [0.3, 0.4) is 0 Å². The average molecular weight is 273 g/mol. The molecular weight excluding hydrogens is 256 g/mol. The molecule has 1 aromatic carbocycles. The number of hydrogen-bond donors (Lipinski definition) is 2. The van der Waals surface area contributed by atoms with Crippen LogP contribution in [0, 0.1) is 5.92 Å². The standard InChI is InChI=1S/C12H17ClN2OS/c1-8(2)7-14-12(17)15-10-6-9(13)4-5-11(10)16-3/h4-6,8H,7H2,1-3H3,(H2,14,15,17). The summed E-state index contributed by atoms with van der Waals surface area (Å²) in [5, 5.41) is 7.40. The van der Waals surface area contributed by atoms with E-state index < -0.39 is 0 Å². The van der Waals surface area contributed by atoms with E-state index in [-0.39, 0.29) is 0 Å². The number of methoxy groups -OCH3 is 1. The summed E-state index contributed by atoms with van der Waals surface area (Å²) >= 11 is 11.1. The number of rotatable bonds is 4. The van der Waals surface area contributed by atoms with Gasteiger partial charge in [0.1, 0.15) is 5.75 Å². The third kappa shape index (κ3) is 4.79. The molecule has 0 heterocycles. The highest BCUT2D eigenvalue weighted by Crippen LogP contribution is 2.27. The molecule has 0 aliphatic rings. The molecule has 0 aromatic heterocycles. The van der Waals surface area contributed by atoms with Gasteiger partial charge >= 0.3 is 0 Å². The van der Waals surface area contributed by atoms with E-state index in [2.05, 4.69) is 24.5 Å². The third-order valence-corrected chi connectivity index (χ3v) is 2.56. The maximum atomic E-state index is 5.93. The molecule has 0 spiro atoms. The average Bonchev–Trinajstić information content (AvgIpc) is 2.27. The van der Waals surface area contributed by atoms with Gasteiger partial charge in [-0.25, -0.2) is 0 Å². The van der Waals surface area contributed by atoms with Crippen molar-refractivity contribution >= 4 is 34.6 Å². The molecule has 0 aliphatic heterocycles. The largest absolute Gasteiger partial charge is 0.495 e. The van der Waals surface area contributed by atoms with Gasteiger partial charge in [0, 0.05) is 11.6 Å². The Labute approximate surface area is 112 Å². The first-order chi connectivity index (χ1) is 8.02. The molecule has 1 rings (SSSR count). The quantitative estimate of drug-likeness (QED) is 0.824. The van der Waals surface area contributed by atoms with Crippen molar-refractivity contribution in [1.29, 1.82) is 0 Å². The molecule has 5 heteroatoms. The van der Waals surface area contributed by atoms with Gasteiger partial charge in [-0.3, -0.25) is 0 Å². The summed E-state index contributed by atoms with van der Waals surface area (Å²) in [7, 11) is 1.61. The highest BCUT2D eigenvalue weighted by molar-refractivity contribution is 7.80. The van der Waals surface area contributed by atoms with Crippen LogP contribution in [0.2, 0.25) is 5.02 Å². The highest BCUT2D eigenvalue weighted by atomic mass is 35.5. The monoisotopic (exact) mass is 272 g/mol. The van der Waals surface area contributed by atoms with Crippen molar-refractivity contribution in [3.8, 4) is 5.75 Å². The van der Waals surface area contributed by atoms with Crippen LogP contribution < -0.4 is 15.4 Å². The number of halogens is 1. The summed E-state index contributed by atoms with van der Waals surface area (Å²) < 4.78 is 5.22. The van der Waals surface area contributed by atoms with Crippen LogP contribution in [0.1, 0.15) is 13.8 Å². The zero-order valence-electron chi connectivity index (χ0n) is 10.2. The Morgan fingerprint density at radius 1 is 1.47 bits per heavy atom. The maximum Gasteiger partial charge on any atom is 0.170 e. The van der Waals surface area contributed by atoms with Gasteiger partial charge in [0.05, 0.1) is 12.8 Å². The summed E-state index contributed by atoms with van der Waals surface area (Å²) in [4.78, 5) is 0. The molecule has 3 nitrogen and oxygen atoms in total. The van der Waals surface area contributed by atoms with Crippen molar-refractivity contribution in [2.45, 2.75) is 13.8 Å². The lowest BCUT2D eigenvalue weighted by molar-refractivity contribution is 0.417. The van der Waals surface area contributed by atoms with E-state index >= 15 is 0 Å². The number of anilines is 1. The Hall–Kier alpha value is -1.00. The number of nitrogens with one attached hydrogen (secondary N) is 2. The Bertz CT molecular complexity index is 396. The van der Waals surface area contributed by atoms with Gasteiger partial charge in [-0.2, -0.15) is 0 Å². The van der Waals surface area contributed by atoms with Gasteiger partial charge in [0.2, 0.25) is 0 Å². The predicted molar refractivity (Wildman–Crippen MR) is 77.1 cm³/mol. The van der Waals surface area contributed by atoms with Crippen molar-refractivity contribution < 1.29 is 4.74 Å². The van der Waals surface area contributed by atoms with Gasteiger partial charge in [-0.15, -0.1) is 0 Å². The second-order valence-corrected chi connectivity index (χ2v) is 4.92. The highest BCUT2D eigenvalue weighted by Gasteiger charge is 2.05. The Balaban J connectivity index is 2.66. The molecule has 0 saturated heterocycles. The fourth-order valence-electron chi connectivity index (χ4n) is 1.24. The Kier molecular flexibility index (Phi) is 5.51. The summed E-state index contributed by atoms with van der Waals surface area (Å²) in [6.45, 7) is 5.07. The topological polar surface area (TPSA) is 33.3 Å². The molecule has 2 N–H and O–H groups in total. The van der Waals surface area contributed by atoms with Gasteiger partial charge < -0.3 is 15.4 Å². The van der Waals surface area contributed by atoms with E-state index in [4.69, 9.17) is 28.6 Å². The number of benzene rings is 1. The molecule has 0 bridgehead atoms.